The number of benzene rings is 2. The van der Waals surface area contributed by atoms with E-state index >= 15 is 0 Å². The Morgan fingerprint density at radius 3 is 2.85 bits per heavy atom. The Kier molecular flexibility index (Phi) is 6.34. The topological polar surface area (TPSA) is 43.4 Å². The van der Waals surface area contributed by atoms with Crippen molar-refractivity contribution in [2.24, 2.45) is 0 Å². The van der Waals surface area contributed by atoms with E-state index in [9.17, 15) is 4.39 Å². The number of methoxy groups -OCH3 is 1. The monoisotopic (exact) mass is 456 g/mol. The van der Waals surface area contributed by atoms with Gasteiger partial charge in [0.15, 0.2) is 16.6 Å². The van der Waals surface area contributed by atoms with Crippen LogP contribution in [0.2, 0.25) is 5.02 Å². The van der Waals surface area contributed by atoms with Crippen LogP contribution in [0.4, 0.5) is 9.52 Å². The highest BCUT2D eigenvalue weighted by Crippen LogP contribution is 2.35. The predicted molar refractivity (Wildman–Crippen MR) is 106 cm³/mol. The van der Waals surface area contributed by atoms with Crippen LogP contribution in [0.3, 0.4) is 0 Å². The van der Waals surface area contributed by atoms with E-state index in [1.165, 1.54) is 17.4 Å². The minimum atomic E-state index is -0.403. The molecule has 3 aromatic rings. The highest BCUT2D eigenvalue weighted by molar-refractivity contribution is 9.10. The number of halogens is 3. The molecule has 0 bridgehead atoms. The van der Waals surface area contributed by atoms with E-state index in [0.29, 0.717) is 28.6 Å². The van der Waals surface area contributed by atoms with Crippen molar-refractivity contribution in [1.29, 1.82) is 0 Å². The minimum Gasteiger partial charge on any atom is -0.493 e. The molecule has 8 heteroatoms. The van der Waals surface area contributed by atoms with Crippen molar-refractivity contribution in [3.63, 3.8) is 0 Å². The molecule has 0 saturated carbocycles. The summed E-state index contributed by atoms with van der Waals surface area (Å²) in [5.41, 5.74) is 1.29. The number of thiazole rings is 1. The van der Waals surface area contributed by atoms with Gasteiger partial charge in [-0.1, -0.05) is 33.6 Å². The van der Waals surface area contributed by atoms with E-state index in [0.717, 1.165) is 15.2 Å². The molecule has 0 unspecified atom stereocenters. The summed E-state index contributed by atoms with van der Waals surface area (Å²) in [6.45, 7) is 0.578. The normalized spacial score (nSPS) is 10.6. The van der Waals surface area contributed by atoms with Gasteiger partial charge in [-0.2, -0.15) is 0 Å². The molecule has 0 aliphatic heterocycles. The minimum absolute atomic E-state index is 0.00498. The summed E-state index contributed by atoms with van der Waals surface area (Å²) in [6, 6.07) is 8.20. The van der Waals surface area contributed by atoms with E-state index < -0.39 is 5.82 Å². The Bertz CT molecular complexity index is 873. The largest absolute Gasteiger partial charge is 0.493 e. The van der Waals surface area contributed by atoms with Crippen LogP contribution < -0.4 is 14.8 Å². The first kappa shape index (κ1) is 18.9. The van der Waals surface area contributed by atoms with E-state index in [2.05, 4.69) is 26.2 Å². The molecule has 0 atom stereocenters. The fourth-order valence-electron chi connectivity index (χ4n) is 2.29. The third-order valence-electron chi connectivity index (χ3n) is 3.63. The van der Waals surface area contributed by atoms with Crippen LogP contribution in [0.25, 0.3) is 0 Å². The van der Waals surface area contributed by atoms with E-state index in [1.807, 2.05) is 11.4 Å². The number of nitrogens with one attached hydrogen (secondary N) is 1. The van der Waals surface area contributed by atoms with Gasteiger partial charge in [-0.15, -0.1) is 11.3 Å². The number of hydrogen-bond acceptors (Lipinski definition) is 5. The zero-order chi connectivity index (χ0) is 18.5. The second-order valence-electron chi connectivity index (χ2n) is 5.27. The quantitative estimate of drug-likeness (QED) is 0.480. The molecule has 1 N–H and O–H groups in total. The zero-order valence-corrected chi connectivity index (χ0v) is 16.9. The third kappa shape index (κ3) is 4.47. The first-order chi connectivity index (χ1) is 12.6. The summed E-state index contributed by atoms with van der Waals surface area (Å²) in [4.78, 5) is 4.19. The molecule has 0 saturated heterocycles. The summed E-state index contributed by atoms with van der Waals surface area (Å²) in [6.07, 6.45) is 1.74. The lowest BCUT2D eigenvalue weighted by Gasteiger charge is -2.15. The predicted octanol–water partition coefficient (Wildman–Crippen LogP) is 5.90. The van der Waals surface area contributed by atoms with Gasteiger partial charge in [0, 0.05) is 28.2 Å². The van der Waals surface area contributed by atoms with Crippen LogP contribution in [0.1, 0.15) is 11.1 Å². The zero-order valence-electron chi connectivity index (χ0n) is 13.8. The van der Waals surface area contributed by atoms with Crippen LogP contribution in [0, 0.1) is 5.82 Å². The maximum atomic E-state index is 13.9. The molecular formula is C18H15BrClFN2O2S. The molecular weight excluding hydrogens is 443 g/mol. The van der Waals surface area contributed by atoms with Gasteiger partial charge in [-0.05, 0) is 29.8 Å². The number of hydrogen-bond donors (Lipinski definition) is 1. The van der Waals surface area contributed by atoms with Crippen molar-refractivity contribution in [2.75, 3.05) is 12.4 Å². The average Bonchev–Trinajstić information content (AvgIpc) is 3.14. The van der Waals surface area contributed by atoms with Crippen molar-refractivity contribution in [2.45, 2.75) is 13.2 Å². The highest BCUT2D eigenvalue weighted by Gasteiger charge is 2.13. The fraction of sp³-hybridized carbons (Fsp3) is 0.167. The Labute approximate surface area is 168 Å². The lowest BCUT2D eigenvalue weighted by atomic mass is 10.2. The fourth-order valence-corrected chi connectivity index (χ4v) is 3.49. The van der Waals surface area contributed by atoms with Gasteiger partial charge in [-0.25, -0.2) is 9.37 Å². The van der Waals surface area contributed by atoms with Crippen LogP contribution in [-0.4, -0.2) is 12.1 Å². The molecule has 0 fully saturated rings. The standard InChI is InChI=1S/C18H15BrClFN2O2S/c1-24-16-7-11(9-23-18-22-5-6-26-18)13(19)8-17(16)25-10-12-14(20)3-2-4-15(12)21/h2-8H,9-10H2,1H3,(H,22,23). The van der Waals surface area contributed by atoms with Crippen molar-refractivity contribution in [3.05, 3.63) is 68.3 Å². The first-order valence-electron chi connectivity index (χ1n) is 7.64. The number of nitrogens with zero attached hydrogens (tertiary/aromatic N) is 1. The van der Waals surface area contributed by atoms with Gasteiger partial charge in [0.1, 0.15) is 12.4 Å². The molecule has 0 aliphatic rings. The van der Waals surface area contributed by atoms with Crippen molar-refractivity contribution in [1.82, 2.24) is 4.98 Å². The first-order valence-corrected chi connectivity index (χ1v) is 9.69. The van der Waals surface area contributed by atoms with Crippen molar-refractivity contribution in [3.8, 4) is 11.5 Å². The van der Waals surface area contributed by atoms with Crippen LogP contribution >= 0.6 is 38.9 Å². The summed E-state index contributed by atoms with van der Waals surface area (Å²) in [7, 11) is 1.56. The SMILES string of the molecule is COc1cc(CNc2nccs2)c(Br)cc1OCc1c(F)cccc1Cl. The van der Waals surface area contributed by atoms with Crippen LogP contribution in [0.5, 0.6) is 11.5 Å². The lowest BCUT2D eigenvalue weighted by Crippen LogP contribution is -2.04. The summed E-state index contributed by atoms with van der Waals surface area (Å²) < 4.78 is 25.9. The summed E-state index contributed by atoms with van der Waals surface area (Å²) >= 11 is 11.1. The van der Waals surface area contributed by atoms with E-state index in [1.54, 1.807) is 31.5 Å². The number of rotatable bonds is 7. The molecule has 3 rings (SSSR count). The second-order valence-corrected chi connectivity index (χ2v) is 7.43. The molecule has 1 heterocycles. The number of ether oxygens (including phenoxy) is 2. The molecule has 26 heavy (non-hydrogen) atoms. The van der Waals surface area contributed by atoms with E-state index in [4.69, 9.17) is 21.1 Å². The molecule has 1 aromatic heterocycles. The van der Waals surface area contributed by atoms with Crippen molar-refractivity contribution >= 4 is 44.0 Å². The third-order valence-corrected chi connectivity index (χ3v) is 5.45. The van der Waals surface area contributed by atoms with E-state index in [-0.39, 0.29) is 6.61 Å². The maximum Gasteiger partial charge on any atom is 0.182 e. The van der Waals surface area contributed by atoms with Gasteiger partial charge >= 0.3 is 0 Å². The van der Waals surface area contributed by atoms with Gasteiger partial charge in [-0.3, -0.25) is 0 Å². The number of anilines is 1. The van der Waals surface area contributed by atoms with Gasteiger partial charge in [0.25, 0.3) is 0 Å². The molecule has 4 nitrogen and oxygen atoms in total. The van der Waals surface area contributed by atoms with Gasteiger partial charge in [0.2, 0.25) is 0 Å². The number of aromatic nitrogens is 1. The lowest BCUT2D eigenvalue weighted by molar-refractivity contribution is 0.279. The Morgan fingerprint density at radius 1 is 1.31 bits per heavy atom. The Hall–Kier alpha value is -1.83. The molecule has 0 amide bonds. The molecule has 0 spiro atoms. The second kappa shape index (κ2) is 8.70. The summed E-state index contributed by atoms with van der Waals surface area (Å²) in [5, 5.41) is 6.31. The molecule has 2 aromatic carbocycles. The smallest absolute Gasteiger partial charge is 0.182 e. The molecule has 0 aliphatic carbocycles. The Balaban J connectivity index is 1.76. The van der Waals surface area contributed by atoms with Gasteiger partial charge in [0.05, 0.1) is 12.1 Å². The maximum absolute atomic E-state index is 13.9. The highest BCUT2D eigenvalue weighted by atomic mass is 79.9. The van der Waals surface area contributed by atoms with Gasteiger partial charge < -0.3 is 14.8 Å². The van der Waals surface area contributed by atoms with Crippen LogP contribution in [-0.2, 0) is 13.2 Å². The Morgan fingerprint density at radius 2 is 2.15 bits per heavy atom. The molecule has 0 radical (unpaired) electrons. The summed E-state index contributed by atoms with van der Waals surface area (Å²) in [5.74, 6) is 0.646. The van der Waals surface area contributed by atoms with Crippen LogP contribution in [0.15, 0.2) is 46.4 Å². The molecule has 136 valence electrons. The van der Waals surface area contributed by atoms with Crippen molar-refractivity contribution < 1.29 is 13.9 Å². The average molecular weight is 458 g/mol.